The van der Waals surface area contributed by atoms with Crippen LogP contribution in [0.1, 0.15) is 77.0 Å². The van der Waals surface area contributed by atoms with Gasteiger partial charge in [0.25, 0.3) is 11.8 Å². The van der Waals surface area contributed by atoms with Gasteiger partial charge in [0.2, 0.25) is 0 Å². The number of fused-ring (bicyclic) bond motifs is 1. The number of unbranched alkanes of at least 4 members (excludes halogenated alkanes) is 2. The number of imidazole rings is 1. The van der Waals surface area contributed by atoms with Crippen LogP contribution in [0.3, 0.4) is 0 Å². The molecule has 0 fully saturated rings. The van der Waals surface area contributed by atoms with E-state index in [1.54, 1.807) is 0 Å². The molecule has 0 radical (unpaired) electrons. The van der Waals surface area contributed by atoms with Crippen molar-refractivity contribution in [1.29, 1.82) is 0 Å². The van der Waals surface area contributed by atoms with Gasteiger partial charge in [0.15, 0.2) is 11.5 Å². The van der Waals surface area contributed by atoms with Gasteiger partial charge in [0.05, 0.1) is 5.69 Å². The lowest BCUT2D eigenvalue weighted by atomic mass is 10.1. The molecule has 150 valence electrons. The van der Waals surface area contributed by atoms with Crippen molar-refractivity contribution in [2.75, 3.05) is 11.9 Å². The quantitative estimate of drug-likeness (QED) is 0.711. The van der Waals surface area contributed by atoms with Gasteiger partial charge in [-0.15, -0.1) is 0 Å². The smallest absolute Gasteiger partial charge is 0.287 e. The number of amides is 2. The minimum absolute atomic E-state index is 0.190. The molecule has 1 aliphatic heterocycles. The highest BCUT2D eigenvalue weighted by Gasteiger charge is 2.27. The van der Waals surface area contributed by atoms with Crippen LogP contribution in [-0.2, 0) is 13.0 Å². The first-order valence-corrected chi connectivity index (χ1v) is 10.3. The number of aromatic nitrogens is 2. The number of hydrogen-bond acceptors (Lipinski definition) is 3. The van der Waals surface area contributed by atoms with Crippen LogP contribution in [0, 0.1) is 13.8 Å². The van der Waals surface area contributed by atoms with E-state index in [4.69, 9.17) is 0 Å². The molecule has 2 aromatic rings. The number of anilines is 1. The summed E-state index contributed by atoms with van der Waals surface area (Å²) in [6, 6.07) is 5.96. The second-order valence-electron chi connectivity index (χ2n) is 7.57. The largest absolute Gasteiger partial charge is 0.349 e. The average Bonchev–Trinajstić information content (AvgIpc) is 3.08. The molecule has 2 amide bonds. The fourth-order valence-electron chi connectivity index (χ4n) is 3.61. The summed E-state index contributed by atoms with van der Waals surface area (Å²) < 4.78 is 1.93. The van der Waals surface area contributed by atoms with Crippen LogP contribution >= 0.6 is 0 Å². The molecule has 2 heterocycles. The number of aryl methyl sites for hydroxylation is 2. The van der Waals surface area contributed by atoms with Crippen molar-refractivity contribution in [3.8, 4) is 0 Å². The molecule has 3 rings (SSSR count). The number of hydrogen-bond donors (Lipinski definition) is 2. The van der Waals surface area contributed by atoms with E-state index in [0.29, 0.717) is 18.1 Å². The summed E-state index contributed by atoms with van der Waals surface area (Å²) in [5, 5.41) is 5.93. The first-order valence-electron chi connectivity index (χ1n) is 10.3. The molecule has 1 aromatic carbocycles. The highest BCUT2D eigenvalue weighted by molar-refractivity contribution is 6.05. The van der Waals surface area contributed by atoms with Crippen molar-refractivity contribution in [3.05, 3.63) is 46.5 Å². The van der Waals surface area contributed by atoms with E-state index < -0.39 is 0 Å². The number of nitrogens with one attached hydrogen (secondary N) is 2. The predicted molar refractivity (Wildman–Crippen MR) is 111 cm³/mol. The van der Waals surface area contributed by atoms with Gasteiger partial charge in [-0.05, 0) is 56.7 Å². The van der Waals surface area contributed by atoms with Crippen molar-refractivity contribution in [1.82, 2.24) is 14.9 Å². The van der Waals surface area contributed by atoms with Gasteiger partial charge in [0.1, 0.15) is 0 Å². The summed E-state index contributed by atoms with van der Waals surface area (Å²) in [5.41, 5.74) is 4.11. The Kier molecular flexibility index (Phi) is 6.49. The van der Waals surface area contributed by atoms with E-state index in [2.05, 4.69) is 22.5 Å². The number of carbonyl (C=O) groups excluding carboxylic acids is 2. The Bertz CT molecular complexity index is 870. The third-order valence-corrected chi connectivity index (χ3v) is 5.24. The third-order valence-electron chi connectivity index (χ3n) is 5.24. The molecule has 6 heteroatoms. The van der Waals surface area contributed by atoms with Gasteiger partial charge in [0, 0.05) is 18.8 Å². The van der Waals surface area contributed by atoms with Crippen LogP contribution in [-0.4, -0.2) is 27.9 Å². The van der Waals surface area contributed by atoms with E-state index in [-0.39, 0.29) is 11.8 Å². The fraction of sp³-hybridized carbons (Fsp3) is 0.500. The zero-order valence-electron chi connectivity index (χ0n) is 17.1. The first-order chi connectivity index (χ1) is 13.5. The lowest BCUT2D eigenvalue weighted by Crippen LogP contribution is -2.28. The van der Waals surface area contributed by atoms with Crippen LogP contribution in [0.5, 0.6) is 0 Å². The van der Waals surface area contributed by atoms with Crippen LogP contribution in [0.4, 0.5) is 5.69 Å². The zero-order valence-corrected chi connectivity index (χ0v) is 17.1. The number of carbonyl (C=O) groups is 2. The average molecular weight is 383 g/mol. The molecule has 0 unspecified atom stereocenters. The van der Waals surface area contributed by atoms with Gasteiger partial charge in [-0.1, -0.05) is 31.9 Å². The lowest BCUT2D eigenvalue weighted by molar-refractivity contribution is 0.0937. The molecule has 0 aliphatic carbocycles. The normalized spacial score (nSPS) is 13.1. The monoisotopic (exact) mass is 382 g/mol. The molecule has 1 aliphatic rings. The molecule has 0 saturated carbocycles. The van der Waals surface area contributed by atoms with Crippen LogP contribution in [0.2, 0.25) is 0 Å². The topological polar surface area (TPSA) is 76.0 Å². The second-order valence-corrected chi connectivity index (χ2v) is 7.57. The maximum atomic E-state index is 13.0. The number of rotatable bonds is 7. The molecule has 2 N–H and O–H groups in total. The molecule has 0 spiro atoms. The molecule has 28 heavy (non-hydrogen) atoms. The van der Waals surface area contributed by atoms with E-state index >= 15 is 0 Å². The maximum absolute atomic E-state index is 13.0. The van der Waals surface area contributed by atoms with E-state index in [0.717, 1.165) is 67.6 Å². The van der Waals surface area contributed by atoms with Crippen LogP contribution in [0.15, 0.2) is 18.2 Å². The number of nitrogens with zero attached hydrogens (tertiary/aromatic N) is 2. The van der Waals surface area contributed by atoms with Crippen molar-refractivity contribution in [3.63, 3.8) is 0 Å². The van der Waals surface area contributed by atoms with E-state index in [9.17, 15) is 9.59 Å². The minimum Gasteiger partial charge on any atom is -0.349 e. The van der Waals surface area contributed by atoms with Crippen molar-refractivity contribution >= 4 is 17.5 Å². The summed E-state index contributed by atoms with van der Waals surface area (Å²) in [6.45, 7) is 7.46. The van der Waals surface area contributed by atoms with Crippen molar-refractivity contribution in [2.24, 2.45) is 0 Å². The minimum atomic E-state index is -0.246. The zero-order chi connectivity index (χ0) is 20.1. The Balaban J connectivity index is 1.83. The molecule has 0 saturated heterocycles. The summed E-state index contributed by atoms with van der Waals surface area (Å²) >= 11 is 0. The Morgan fingerprint density at radius 3 is 2.75 bits per heavy atom. The Morgan fingerprint density at radius 1 is 1.14 bits per heavy atom. The SMILES string of the molecule is CCCCCNC(=O)c1nc(C(=O)Nc2cc(C)ccc2C)c2n1CCCC2. The van der Waals surface area contributed by atoms with Crippen molar-refractivity contribution in [2.45, 2.75) is 65.8 Å². The predicted octanol–water partition coefficient (Wildman–Crippen LogP) is 4.01. The molecule has 0 atom stereocenters. The Morgan fingerprint density at radius 2 is 1.96 bits per heavy atom. The van der Waals surface area contributed by atoms with Crippen molar-refractivity contribution < 1.29 is 9.59 Å². The summed E-state index contributed by atoms with van der Waals surface area (Å²) in [6.07, 6.45) is 5.92. The van der Waals surface area contributed by atoms with Gasteiger partial charge in [-0.25, -0.2) is 4.98 Å². The molecule has 6 nitrogen and oxygen atoms in total. The van der Waals surface area contributed by atoms with Crippen LogP contribution in [0.25, 0.3) is 0 Å². The molecule has 1 aromatic heterocycles. The first kappa shape index (κ1) is 20.1. The summed E-state index contributed by atoms with van der Waals surface area (Å²) in [7, 11) is 0. The molecule has 0 bridgehead atoms. The summed E-state index contributed by atoms with van der Waals surface area (Å²) in [4.78, 5) is 30.1. The highest BCUT2D eigenvalue weighted by Crippen LogP contribution is 2.23. The fourth-order valence-corrected chi connectivity index (χ4v) is 3.61. The van der Waals surface area contributed by atoms with Gasteiger partial charge < -0.3 is 15.2 Å². The summed E-state index contributed by atoms with van der Waals surface area (Å²) in [5.74, 6) is -0.0771. The van der Waals surface area contributed by atoms with Crippen LogP contribution < -0.4 is 10.6 Å². The van der Waals surface area contributed by atoms with Gasteiger partial charge >= 0.3 is 0 Å². The Labute approximate surface area is 166 Å². The van der Waals surface area contributed by atoms with E-state index in [1.165, 1.54) is 0 Å². The highest BCUT2D eigenvalue weighted by atomic mass is 16.2. The van der Waals surface area contributed by atoms with Gasteiger partial charge in [-0.2, -0.15) is 0 Å². The molecular formula is C22H30N4O2. The van der Waals surface area contributed by atoms with E-state index in [1.807, 2.05) is 36.6 Å². The number of benzene rings is 1. The lowest BCUT2D eigenvalue weighted by Gasteiger charge is -2.17. The molecular weight excluding hydrogens is 352 g/mol. The Hall–Kier alpha value is -2.63. The second kappa shape index (κ2) is 9.04. The maximum Gasteiger partial charge on any atom is 0.287 e. The third kappa shape index (κ3) is 4.43. The standard InChI is InChI=1S/C22H30N4O2/c1-4-5-7-12-23-22(28)20-25-19(18-9-6-8-13-26(18)20)21(27)24-17-14-15(2)10-11-16(17)3/h10-11,14H,4-9,12-13H2,1-3H3,(H,23,28)(H,24,27). The van der Waals surface area contributed by atoms with Gasteiger partial charge in [-0.3, -0.25) is 9.59 Å².